The summed E-state index contributed by atoms with van der Waals surface area (Å²) in [6.07, 6.45) is 0. The lowest BCUT2D eigenvalue weighted by Crippen LogP contribution is -2.10. The van der Waals surface area contributed by atoms with Crippen LogP contribution in [0.2, 0.25) is 10.0 Å². The molecule has 0 radical (unpaired) electrons. The van der Waals surface area contributed by atoms with Crippen LogP contribution in [0.4, 0.5) is 0 Å². The fourth-order valence-corrected chi connectivity index (χ4v) is 2.31. The first-order chi connectivity index (χ1) is 7.11. The fourth-order valence-electron chi connectivity index (χ4n) is 1.20. The number of hydrogen-bond donors (Lipinski definition) is 0. The summed E-state index contributed by atoms with van der Waals surface area (Å²) in [5.74, 6) is 0. The molecule has 0 atom stereocenters. The van der Waals surface area contributed by atoms with Gasteiger partial charge < -0.3 is 0 Å². The molecule has 0 spiro atoms. The van der Waals surface area contributed by atoms with Crippen molar-refractivity contribution in [3.63, 3.8) is 0 Å². The van der Waals surface area contributed by atoms with Crippen molar-refractivity contribution in [2.75, 3.05) is 0 Å². The van der Waals surface area contributed by atoms with Gasteiger partial charge in [0, 0.05) is 24.3 Å². The molecule has 0 saturated carbocycles. The first-order valence-corrected chi connectivity index (χ1v) is 5.57. The molecule has 1 aromatic carbocycles. The first-order valence-electron chi connectivity index (χ1n) is 4.09. The number of hydrogen-bond acceptors (Lipinski definition) is 3. The summed E-state index contributed by atoms with van der Waals surface area (Å²) < 4.78 is 5.46. The lowest BCUT2D eigenvalue weighted by molar-refractivity contribution is 0.983. The standard InChI is InChI=1S/C9H6Cl2N2OS/c1-13-9(14)8(12-15-13)7-5(10)3-2-4-6(7)11/h2-4H,1H3. The van der Waals surface area contributed by atoms with Gasteiger partial charge in [0.05, 0.1) is 10.0 Å². The zero-order valence-corrected chi connectivity index (χ0v) is 10.0. The van der Waals surface area contributed by atoms with Gasteiger partial charge in [0.15, 0.2) is 5.69 Å². The van der Waals surface area contributed by atoms with E-state index in [4.69, 9.17) is 23.2 Å². The van der Waals surface area contributed by atoms with Crippen molar-refractivity contribution in [2.45, 2.75) is 0 Å². The van der Waals surface area contributed by atoms with E-state index in [-0.39, 0.29) is 5.56 Å². The van der Waals surface area contributed by atoms with Crippen LogP contribution < -0.4 is 5.56 Å². The van der Waals surface area contributed by atoms with E-state index in [1.165, 1.54) is 3.96 Å². The van der Waals surface area contributed by atoms with Gasteiger partial charge >= 0.3 is 0 Å². The molecule has 15 heavy (non-hydrogen) atoms. The van der Waals surface area contributed by atoms with Gasteiger partial charge in [0.2, 0.25) is 0 Å². The summed E-state index contributed by atoms with van der Waals surface area (Å²) >= 11 is 13.0. The zero-order valence-electron chi connectivity index (χ0n) is 7.70. The van der Waals surface area contributed by atoms with Crippen LogP contribution in [0.1, 0.15) is 0 Å². The number of halogens is 2. The van der Waals surface area contributed by atoms with E-state index in [0.717, 1.165) is 11.7 Å². The normalized spacial score (nSPS) is 10.6. The summed E-state index contributed by atoms with van der Waals surface area (Å²) in [5.41, 5.74) is 0.621. The average Bonchev–Trinajstić information content (AvgIpc) is 2.49. The van der Waals surface area contributed by atoms with Gasteiger partial charge in [-0.25, -0.2) is 3.96 Å². The van der Waals surface area contributed by atoms with Crippen LogP contribution in [0.25, 0.3) is 11.3 Å². The van der Waals surface area contributed by atoms with Gasteiger partial charge in [-0.05, 0) is 12.1 Å². The molecule has 0 saturated heterocycles. The van der Waals surface area contributed by atoms with Crippen molar-refractivity contribution >= 4 is 34.9 Å². The van der Waals surface area contributed by atoms with E-state index in [2.05, 4.69) is 4.37 Å². The number of benzene rings is 1. The third-order valence-corrected chi connectivity index (χ3v) is 3.25. The van der Waals surface area contributed by atoms with Crippen LogP contribution in [0.5, 0.6) is 0 Å². The smallest absolute Gasteiger partial charge is 0.266 e. The second kappa shape index (κ2) is 3.96. The molecule has 0 bridgehead atoms. The Hall–Kier alpha value is -0.840. The molecule has 1 aromatic heterocycles. The Morgan fingerprint density at radius 3 is 2.40 bits per heavy atom. The van der Waals surface area contributed by atoms with Gasteiger partial charge in [-0.3, -0.25) is 4.79 Å². The zero-order chi connectivity index (χ0) is 11.0. The van der Waals surface area contributed by atoms with Crippen molar-refractivity contribution in [2.24, 2.45) is 7.05 Å². The summed E-state index contributed by atoms with van der Waals surface area (Å²) in [6.45, 7) is 0. The highest BCUT2D eigenvalue weighted by molar-refractivity contribution is 7.00. The van der Waals surface area contributed by atoms with Gasteiger partial charge in [-0.15, -0.1) is 0 Å². The Morgan fingerprint density at radius 1 is 1.33 bits per heavy atom. The largest absolute Gasteiger partial charge is 0.288 e. The molecule has 0 unspecified atom stereocenters. The minimum atomic E-state index is -0.185. The lowest BCUT2D eigenvalue weighted by atomic mass is 10.1. The van der Waals surface area contributed by atoms with Crippen LogP contribution in [-0.4, -0.2) is 8.33 Å². The van der Waals surface area contributed by atoms with Gasteiger partial charge in [-0.2, -0.15) is 4.37 Å². The van der Waals surface area contributed by atoms with E-state index >= 15 is 0 Å². The number of nitrogens with zero attached hydrogens (tertiary/aromatic N) is 2. The highest BCUT2D eigenvalue weighted by Gasteiger charge is 2.15. The number of aryl methyl sites for hydroxylation is 1. The molecule has 0 aliphatic carbocycles. The van der Waals surface area contributed by atoms with E-state index in [0.29, 0.717) is 21.3 Å². The van der Waals surface area contributed by atoms with Crippen LogP contribution >= 0.6 is 34.9 Å². The predicted octanol–water partition coefficient (Wildman–Crippen LogP) is 2.82. The van der Waals surface area contributed by atoms with E-state index in [1.807, 2.05) is 0 Å². The molecule has 6 heteroatoms. The lowest BCUT2D eigenvalue weighted by Gasteiger charge is -2.01. The Balaban J connectivity index is 2.75. The molecule has 0 amide bonds. The highest BCUT2D eigenvalue weighted by Crippen LogP contribution is 2.31. The molecule has 1 heterocycles. The minimum Gasteiger partial charge on any atom is -0.266 e. The second-order valence-electron chi connectivity index (χ2n) is 2.92. The molecule has 3 nitrogen and oxygen atoms in total. The Bertz CT molecular complexity index is 541. The molecule has 2 rings (SSSR count). The van der Waals surface area contributed by atoms with Crippen molar-refractivity contribution in [1.29, 1.82) is 0 Å². The minimum absolute atomic E-state index is 0.185. The third kappa shape index (κ3) is 1.80. The Labute approximate surface area is 100 Å². The molecule has 2 aromatic rings. The van der Waals surface area contributed by atoms with Crippen LogP contribution in [0.3, 0.4) is 0 Å². The maximum Gasteiger partial charge on any atom is 0.288 e. The van der Waals surface area contributed by atoms with Crippen molar-refractivity contribution in [1.82, 2.24) is 8.33 Å². The average molecular weight is 261 g/mol. The molecule has 0 aliphatic heterocycles. The van der Waals surface area contributed by atoms with Gasteiger partial charge in [0.1, 0.15) is 0 Å². The van der Waals surface area contributed by atoms with Gasteiger partial charge in [0.25, 0.3) is 5.56 Å². The van der Waals surface area contributed by atoms with E-state index in [1.54, 1.807) is 25.2 Å². The number of rotatable bonds is 1. The van der Waals surface area contributed by atoms with Crippen molar-refractivity contribution in [3.05, 3.63) is 38.6 Å². The maximum atomic E-state index is 11.7. The van der Waals surface area contributed by atoms with Gasteiger partial charge in [-0.1, -0.05) is 29.3 Å². The monoisotopic (exact) mass is 260 g/mol. The molecule has 0 aliphatic rings. The molecule has 0 fully saturated rings. The summed E-state index contributed by atoms with van der Waals surface area (Å²) in [7, 11) is 1.65. The quantitative estimate of drug-likeness (QED) is 0.791. The summed E-state index contributed by atoms with van der Waals surface area (Å²) in [4.78, 5) is 11.7. The molecule has 0 N–H and O–H groups in total. The number of aromatic nitrogens is 2. The SMILES string of the molecule is Cn1snc(-c2c(Cl)cccc2Cl)c1=O. The van der Waals surface area contributed by atoms with Crippen LogP contribution in [-0.2, 0) is 7.05 Å². The molecule has 78 valence electrons. The van der Waals surface area contributed by atoms with Crippen molar-refractivity contribution < 1.29 is 0 Å². The van der Waals surface area contributed by atoms with Crippen LogP contribution in [0, 0.1) is 0 Å². The highest BCUT2D eigenvalue weighted by atomic mass is 35.5. The van der Waals surface area contributed by atoms with Crippen LogP contribution in [0.15, 0.2) is 23.0 Å². The Kier molecular flexibility index (Phi) is 2.82. The summed E-state index contributed by atoms with van der Waals surface area (Å²) in [6, 6.07) is 5.09. The topological polar surface area (TPSA) is 34.9 Å². The Morgan fingerprint density at radius 2 is 1.93 bits per heavy atom. The van der Waals surface area contributed by atoms with Crippen molar-refractivity contribution in [3.8, 4) is 11.3 Å². The molecular weight excluding hydrogens is 255 g/mol. The first kappa shape index (κ1) is 10.7. The van der Waals surface area contributed by atoms with E-state index < -0.39 is 0 Å². The van der Waals surface area contributed by atoms with E-state index in [9.17, 15) is 4.79 Å². The third-order valence-electron chi connectivity index (χ3n) is 1.94. The maximum absolute atomic E-state index is 11.7. The predicted molar refractivity (Wildman–Crippen MR) is 62.8 cm³/mol. The fraction of sp³-hybridized carbons (Fsp3) is 0.111. The second-order valence-corrected chi connectivity index (χ2v) is 4.63. The summed E-state index contributed by atoms with van der Waals surface area (Å²) in [5, 5.41) is 0.871. The molecular formula is C9H6Cl2N2OS.